The van der Waals surface area contributed by atoms with Crippen LogP contribution in [-0.2, 0) is 11.8 Å². The molecule has 0 aliphatic carbocycles. The summed E-state index contributed by atoms with van der Waals surface area (Å²) in [4.78, 5) is 24.0. The van der Waals surface area contributed by atoms with Gasteiger partial charge in [-0.2, -0.15) is 5.10 Å². The first-order valence-corrected chi connectivity index (χ1v) is 8.57. The van der Waals surface area contributed by atoms with E-state index in [4.69, 9.17) is 10.9 Å². The van der Waals surface area contributed by atoms with Crippen molar-refractivity contribution in [3.05, 3.63) is 53.3 Å². The highest BCUT2D eigenvalue weighted by atomic mass is 19.3. The summed E-state index contributed by atoms with van der Waals surface area (Å²) in [6.45, 7) is 0.892. The molecule has 2 aromatic rings. The molecule has 1 aromatic carbocycles. The van der Waals surface area contributed by atoms with Gasteiger partial charge in [-0.1, -0.05) is 5.92 Å². The lowest BCUT2D eigenvalue weighted by Gasteiger charge is -2.32. The van der Waals surface area contributed by atoms with Crippen LogP contribution in [0.5, 0.6) is 0 Å². The van der Waals surface area contributed by atoms with E-state index in [1.54, 1.807) is 24.1 Å². The van der Waals surface area contributed by atoms with Crippen LogP contribution in [0.25, 0.3) is 0 Å². The molecule has 0 saturated carbocycles. The second kappa shape index (κ2) is 9.65. The van der Waals surface area contributed by atoms with Gasteiger partial charge in [-0.15, -0.1) is 0 Å². The predicted octanol–water partition coefficient (Wildman–Crippen LogP) is 0.410. The van der Waals surface area contributed by atoms with Gasteiger partial charge in [0, 0.05) is 24.4 Å². The van der Waals surface area contributed by atoms with E-state index >= 15 is 0 Å². The Balaban J connectivity index is 2.10. The van der Waals surface area contributed by atoms with E-state index in [-0.39, 0.29) is 5.56 Å². The molecule has 10 heteroatoms. The number of rotatable bonds is 5. The summed E-state index contributed by atoms with van der Waals surface area (Å²) < 4.78 is 27.9. The molecule has 30 heavy (non-hydrogen) atoms. The van der Waals surface area contributed by atoms with Crippen molar-refractivity contribution in [2.24, 2.45) is 12.8 Å². The summed E-state index contributed by atoms with van der Waals surface area (Å²) in [5.74, 6) is 8.88. The van der Waals surface area contributed by atoms with Crippen LogP contribution in [0.1, 0.15) is 28.4 Å². The Morgan fingerprint density at radius 1 is 1.20 bits per heavy atom. The van der Waals surface area contributed by atoms with E-state index < -0.39 is 29.8 Å². The average Bonchev–Trinajstić information content (AvgIpc) is 3.13. The van der Waals surface area contributed by atoms with Crippen LogP contribution < -0.4 is 16.5 Å². The smallest absolute Gasteiger partial charge is 0.268 e. The molecule has 0 fully saturated rings. The number of halogens is 2. The summed E-state index contributed by atoms with van der Waals surface area (Å²) in [6.07, 6.45) is 0.213. The fourth-order valence-corrected chi connectivity index (χ4v) is 2.31. The summed E-state index contributed by atoms with van der Waals surface area (Å²) in [7, 11) is 1.77. The van der Waals surface area contributed by atoms with Gasteiger partial charge in [0.15, 0.2) is 0 Å². The molecular weight excluding hydrogens is 396 g/mol. The van der Waals surface area contributed by atoms with E-state index in [0.717, 1.165) is 12.5 Å². The third-order valence-corrected chi connectivity index (χ3v) is 4.07. The van der Waals surface area contributed by atoms with E-state index in [1.165, 1.54) is 29.7 Å². The average molecular weight is 415 g/mol. The summed E-state index contributed by atoms with van der Waals surface area (Å²) in [5, 5.41) is 14.9. The van der Waals surface area contributed by atoms with Gasteiger partial charge in [-0.25, -0.2) is 14.3 Å². The minimum Gasteiger partial charge on any atom is -0.338 e. The van der Waals surface area contributed by atoms with Crippen LogP contribution in [0, 0.1) is 23.7 Å². The fraction of sp³-hybridized carbons (Fsp3) is 0.250. The minimum atomic E-state index is -3.13. The molecule has 0 spiro atoms. The molecule has 156 valence electrons. The van der Waals surface area contributed by atoms with E-state index in [1.807, 2.05) is 0 Å². The van der Waals surface area contributed by atoms with Gasteiger partial charge in [0.05, 0.1) is 11.8 Å². The Kier molecular flexibility index (Phi) is 7.26. The highest BCUT2D eigenvalue weighted by Gasteiger charge is 2.44. The SMILES string of the molecule is Cn1cc(C#CC#Cc2ccc(C(=O)N[C@H](C(=O)NO)C(C)(N)C(F)F)cc2)cn1. The molecule has 2 atom stereocenters. The fourth-order valence-electron chi connectivity index (χ4n) is 2.31. The van der Waals surface area contributed by atoms with Crippen molar-refractivity contribution >= 4 is 11.8 Å². The number of alkyl halides is 2. The predicted molar refractivity (Wildman–Crippen MR) is 103 cm³/mol. The number of nitrogens with two attached hydrogens (primary N) is 1. The summed E-state index contributed by atoms with van der Waals surface area (Å²) in [6, 6.07) is 4.00. The lowest BCUT2D eigenvalue weighted by atomic mass is 9.92. The Morgan fingerprint density at radius 2 is 1.80 bits per heavy atom. The molecule has 2 rings (SSSR count). The van der Waals surface area contributed by atoms with Gasteiger partial charge in [0.25, 0.3) is 18.2 Å². The molecule has 0 bridgehead atoms. The molecule has 8 nitrogen and oxygen atoms in total. The van der Waals surface area contributed by atoms with Crippen molar-refractivity contribution < 1.29 is 23.6 Å². The Labute approximate surface area is 171 Å². The van der Waals surface area contributed by atoms with Crippen molar-refractivity contribution in [1.29, 1.82) is 0 Å². The van der Waals surface area contributed by atoms with E-state index in [0.29, 0.717) is 5.56 Å². The summed E-state index contributed by atoms with van der Waals surface area (Å²) in [5.41, 5.74) is 5.66. The first kappa shape index (κ1) is 22.6. The van der Waals surface area contributed by atoms with Crippen molar-refractivity contribution in [1.82, 2.24) is 20.6 Å². The molecule has 0 aliphatic heterocycles. The van der Waals surface area contributed by atoms with Crippen LogP contribution in [0.2, 0.25) is 0 Å². The van der Waals surface area contributed by atoms with Crippen molar-refractivity contribution in [2.45, 2.75) is 24.9 Å². The number of hydrogen-bond donors (Lipinski definition) is 4. The Morgan fingerprint density at radius 3 is 2.30 bits per heavy atom. The Bertz CT molecular complexity index is 1040. The van der Waals surface area contributed by atoms with Gasteiger partial charge < -0.3 is 11.1 Å². The molecule has 1 aromatic heterocycles. The van der Waals surface area contributed by atoms with Crippen LogP contribution in [0.3, 0.4) is 0 Å². The Hall–Kier alpha value is -3.73. The zero-order chi connectivity index (χ0) is 22.3. The normalized spacial score (nSPS) is 13.2. The quantitative estimate of drug-likeness (QED) is 0.320. The van der Waals surface area contributed by atoms with Gasteiger partial charge in [0.1, 0.15) is 11.6 Å². The second-order valence-corrected chi connectivity index (χ2v) is 6.53. The summed E-state index contributed by atoms with van der Waals surface area (Å²) >= 11 is 0. The lowest BCUT2D eigenvalue weighted by molar-refractivity contribution is -0.134. The van der Waals surface area contributed by atoms with Crippen LogP contribution >= 0.6 is 0 Å². The number of amides is 2. The van der Waals surface area contributed by atoms with Crippen molar-refractivity contribution in [3.63, 3.8) is 0 Å². The number of benzene rings is 1. The first-order chi connectivity index (χ1) is 14.1. The highest BCUT2D eigenvalue weighted by Crippen LogP contribution is 2.18. The van der Waals surface area contributed by atoms with Gasteiger partial charge >= 0.3 is 0 Å². The zero-order valence-electron chi connectivity index (χ0n) is 16.1. The van der Waals surface area contributed by atoms with E-state index in [2.05, 4.69) is 34.1 Å². The van der Waals surface area contributed by atoms with Crippen LogP contribution in [0.4, 0.5) is 8.78 Å². The number of aromatic nitrogens is 2. The monoisotopic (exact) mass is 415 g/mol. The molecule has 5 N–H and O–H groups in total. The second-order valence-electron chi connectivity index (χ2n) is 6.53. The largest absolute Gasteiger partial charge is 0.338 e. The highest BCUT2D eigenvalue weighted by molar-refractivity contribution is 5.98. The molecule has 1 unspecified atom stereocenters. The topological polar surface area (TPSA) is 122 Å². The number of carbonyl (C=O) groups excluding carboxylic acids is 2. The van der Waals surface area contributed by atoms with Gasteiger partial charge in [0.2, 0.25) is 0 Å². The number of carbonyl (C=O) groups is 2. The molecular formula is C20H19F2N5O3. The van der Waals surface area contributed by atoms with Gasteiger partial charge in [-0.05, 0) is 49.0 Å². The number of aryl methyl sites for hydroxylation is 1. The number of hydroxylamine groups is 1. The van der Waals surface area contributed by atoms with Crippen molar-refractivity contribution in [3.8, 4) is 23.7 Å². The molecule has 0 radical (unpaired) electrons. The molecule has 2 amide bonds. The van der Waals surface area contributed by atoms with Crippen LogP contribution in [0.15, 0.2) is 36.7 Å². The third kappa shape index (κ3) is 5.64. The molecule has 0 aliphatic rings. The maximum atomic E-state index is 13.2. The van der Waals surface area contributed by atoms with E-state index in [9.17, 15) is 18.4 Å². The number of nitrogens with zero attached hydrogens (tertiary/aromatic N) is 2. The number of nitrogens with one attached hydrogen (secondary N) is 2. The zero-order valence-corrected chi connectivity index (χ0v) is 16.1. The van der Waals surface area contributed by atoms with Crippen LogP contribution in [-0.4, -0.2) is 44.8 Å². The number of hydrogen-bond acceptors (Lipinski definition) is 5. The third-order valence-electron chi connectivity index (χ3n) is 4.07. The molecule has 0 saturated heterocycles. The standard InChI is InChI=1S/C20H19F2N5O3/c1-20(23,19(21)22)16(18(29)26-30)25-17(28)15-9-7-13(8-10-15)5-3-4-6-14-11-24-27(2)12-14/h7-12,16,19,30H,23H2,1-2H3,(H,25,28)(H,26,29)/t16-,20?/m1/s1. The maximum Gasteiger partial charge on any atom is 0.268 e. The lowest BCUT2D eigenvalue weighted by Crippen LogP contribution is -2.66. The first-order valence-electron chi connectivity index (χ1n) is 8.57. The minimum absolute atomic E-state index is 0.0859. The molecule has 1 heterocycles. The van der Waals surface area contributed by atoms with Gasteiger partial charge in [-0.3, -0.25) is 19.5 Å². The van der Waals surface area contributed by atoms with Crippen molar-refractivity contribution in [2.75, 3.05) is 0 Å². The maximum absolute atomic E-state index is 13.2.